The fourth-order valence-corrected chi connectivity index (χ4v) is 0.581. The van der Waals surface area contributed by atoms with Crippen LogP contribution in [0.1, 0.15) is 90.4 Å². The van der Waals surface area contributed by atoms with Crippen molar-refractivity contribution >= 4 is 29.9 Å². The number of hydrogen-bond donors (Lipinski definition) is 1. The van der Waals surface area contributed by atoms with Gasteiger partial charge in [-0.05, 0) is 12.1 Å². The number of carboxylic acid groups (broad SMARTS) is 1. The van der Waals surface area contributed by atoms with Crippen molar-refractivity contribution in [3.05, 3.63) is 35.9 Å². The van der Waals surface area contributed by atoms with Crippen LogP contribution < -0.4 is 0 Å². The molecule has 0 unspecified atom stereocenters. The Morgan fingerprint density at radius 3 is 1.14 bits per heavy atom. The molecule has 1 aromatic rings. The van der Waals surface area contributed by atoms with Gasteiger partial charge in [-0.15, -0.1) is 0 Å². The minimum Gasteiger partial charge on any atom is -0.478 e. The average molecular weight is 415 g/mol. The third-order valence-electron chi connectivity index (χ3n) is 2.52. The fraction of sp³-hybridized carbons (Fsp3) is 0.632. The minimum atomic E-state index is -0.879. The number of hydrogen-bond acceptors (Lipinski definition) is 1. The second-order valence-electron chi connectivity index (χ2n) is 4.67. The van der Waals surface area contributed by atoms with Crippen LogP contribution in [0.15, 0.2) is 30.3 Å². The summed E-state index contributed by atoms with van der Waals surface area (Å²) in [5.41, 5.74) is 0.331. The number of aromatic carboxylic acids is 1. The van der Waals surface area contributed by atoms with Gasteiger partial charge in [0.2, 0.25) is 0 Å². The van der Waals surface area contributed by atoms with Gasteiger partial charge in [0, 0.05) is 23.9 Å². The molecule has 1 rings (SSSR count). The Morgan fingerprint density at radius 1 is 0.727 bits per heavy atom. The molecule has 0 amide bonds. The average Bonchev–Trinajstić information content (AvgIpc) is 2.56. The van der Waals surface area contributed by atoms with E-state index in [1.54, 1.807) is 30.3 Å². The van der Waals surface area contributed by atoms with Crippen LogP contribution in [0.5, 0.6) is 0 Å². The third kappa shape index (κ3) is 31.7. The summed E-state index contributed by atoms with van der Waals surface area (Å²) in [4.78, 5) is 10.2. The molecule has 0 bridgehead atoms. The molecule has 3 heteroatoms. The molecule has 0 atom stereocenters. The number of unbranched alkanes of at least 4 members (excludes halogenated alkanes) is 3. The smallest absolute Gasteiger partial charge is 0.335 e. The molecule has 0 aliphatic rings. The van der Waals surface area contributed by atoms with Gasteiger partial charge in [0.1, 0.15) is 0 Å². The minimum absolute atomic E-state index is 0. The van der Waals surface area contributed by atoms with E-state index in [0.29, 0.717) is 5.56 Å². The Hall–Kier alpha value is -0.511. The molecule has 4 radical (unpaired) electrons. The largest absolute Gasteiger partial charge is 0.478 e. The summed E-state index contributed by atoms with van der Waals surface area (Å²) in [6.07, 6.45) is 7.92. The first-order valence-corrected chi connectivity index (χ1v) is 8.33. The molecule has 1 N–H and O–H groups in total. The molecular weight excluding hydrogens is 379 g/mol. The standard InChI is InChI=1S/C7H6O2.3C4H10.Sn/c8-7(9)6-4-2-1-3-5-6;3*1-3-4-2;/h1-5H,(H,8,9);3*3-4H2,1-2H3;. The topological polar surface area (TPSA) is 37.3 Å². The van der Waals surface area contributed by atoms with Gasteiger partial charge in [0.25, 0.3) is 0 Å². The van der Waals surface area contributed by atoms with Crippen LogP contribution in [0.4, 0.5) is 0 Å². The maximum atomic E-state index is 10.2. The second kappa shape index (κ2) is 28.6. The van der Waals surface area contributed by atoms with Crippen LogP contribution in [0.25, 0.3) is 0 Å². The number of rotatable bonds is 4. The van der Waals surface area contributed by atoms with Gasteiger partial charge < -0.3 is 5.11 Å². The van der Waals surface area contributed by atoms with Crippen LogP contribution in [0.3, 0.4) is 0 Å². The van der Waals surface area contributed by atoms with E-state index in [9.17, 15) is 4.79 Å². The van der Waals surface area contributed by atoms with Gasteiger partial charge in [0.15, 0.2) is 0 Å². The number of carbonyl (C=O) groups is 1. The summed E-state index contributed by atoms with van der Waals surface area (Å²) >= 11 is 0. The van der Waals surface area contributed by atoms with E-state index < -0.39 is 5.97 Å². The van der Waals surface area contributed by atoms with Gasteiger partial charge in [-0.2, -0.15) is 0 Å². The molecule has 0 spiro atoms. The SMILES string of the molecule is CCCC.CCCC.CCCC.O=C(O)c1ccccc1.[Sn]. The number of benzene rings is 1. The van der Waals surface area contributed by atoms with Crippen molar-refractivity contribution in [3.63, 3.8) is 0 Å². The van der Waals surface area contributed by atoms with E-state index in [-0.39, 0.29) is 23.9 Å². The Morgan fingerprint density at radius 2 is 1.00 bits per heavy atom. The van der Waals surface area contributed by atoms with E-state index in [2.05, 4.69) is 41.5 Å². The van der Waals surface area contributed by atoms with E-state index in [0.717, 1.165) is 0 Å². The van der Waals surface area contributed by atoms with Crippen molar-refractivity contribution in [3.8, 4) is 0 Å². The molecule has 128 valence electrons. The quantitative estimate of drug-likeness (QED) is 0.576. The first-order valence-electron chi connectivity index (χ1n) is 8.33. The Kier molecular flexibility index (Phi) is 38.4. The van der Waals surface area contributed by atoms with E-state index in [4.69, 9.17) is 5.11 Å². The van der Waals surface area contributed by atoms with Gasteiger partial charge in [-0.3, -0.25) is 0 Å². The molecular formula is C19H36O2Sn. The summed E-state index contributed by atoms with van der Waals surface area (Å²) in [5, 5.41) is 8.38. The predicted octanol–water partition coefficient (Wildman–Crippen LogP) is 6.42. The first kappa shape index (κ1) is 29.5. The van der Waals surface area contributed by atoms with Crippen LogP contribution in [0.2, 0.25) is 0 Å². The first-order chi connectivity index (χ1) is 10.0. The Bertz CT molecular complexity index is 271. The number of carboxylic acids is 1. The zero-order valence-corrected chi connectivity index (χ0v) is 18.3. The van der Waals surface area contributed by atoms with Crippen molar-refractivity contribution < 1.29 is 9.90 Å². The summed E-state index contributed by atoms with van der Waals surface area (Å²) in [7, 11) is 0. The summed E-state index contributed by atoms with van der Waals surface area (Å²) in [6.45, 7) is 13.1. The zero-order chi connectivity index (χ0) is 16.9. The molecule has 0 aliphatic heterocycles. The molecule has 2 nitrogen and oxygen atoms in total. The van der Waals surface area contributed by atoms with Crippen LogP contribution in [-0.2, 0) is 0 Å². The van der Waals surface area contributed by atoms with E-state index >= 15 is 0 Å². The Labute approximate surface area is 155 Å². The maximum absolute atomic E-state index is 10.2. The van der Waals surface area contributed by atoms with Gasteiger partial charge in [-0.25, -0.2) is 4.79 Å². The van der Waals surface area contributed by atoms with E-state index in [1.165, 1.54) is 38.5 Å². The summed E-state index contributed by atoms with van der Waals surface area (Å²) < 4.78 is 0. The van der Waals surface area contributed by atoms with Gasteiger partial charge in [0.05, 0.1) is 5.56 Å². The molecule has 22 heavy (non-hydrogen) atoms. The van der Waals surface area contributed by atoms with Crippen molar-refractivity contribution in [1.82, 2.24) is 0 Å². The van der Waals surface area contributed by atoms with E-state index in [1.807, 2.05) is 0 Å². The molecule has 0 saturated carbocycles. The summed E-state index contributed by atoms with van der Waals surface area (Å²) in [6, 6.07) is 8.30. The summed E-state index contributed by atoms with van der Waals surface area (Å²) in [5.74, 6) is -0.879. The Balaban J connectivity index is -0.000000107. The van der Waals surface area contributed by atoms with Gasteiger partial charge in [-0.1, -0.05) is 98.3 Å². The van der Waals surface area contributed by atoms with Crippen molar-refractivity contribution in [2.45, 2.75) is 80.1 Å². The van der Waals surface area contributed by atoms with Crippen LogP contribution >= 0.6 is 0 Å². The van der Waals surface area contributed by atoms with Crippen molar-refractivity contribution in [2.75, 3.05) is 0 Å². The molecule has 0 aliphatic carbocycles. The van der Waals surface area contributed by atoms with Crippen molar-refractivity contribution in [2.24, 2.45) is 0 Å². The predicted molar refractivity (Wildman–Crippen MR) is 101 cm³/mol. The zero-order valence-electron chi connectivity index (χ0n) is 15.5. The van der Waals surface area contributed by atoms with Crippen LogP contribution in [0, 0.1) is 0 Å². The van der Waals surface area contributed by atoms with Gasteiger partial charge >= 0.3 is 5.97 Å². The molecule has 0 fully saturated rings. The normalized spacial score (nSPS) is 7.73. The van der Waals surface area contributed by atoms with Crippen molar-refractivity contribution in [1.29, 1.82) is 0 Å². The molecule has 1 aromatic carbocycles. The van der Waals surface area contributed by atoms with Crippen LogP contribution in [-0.4, -0.2) is 35.0 Å². The molecule has 0 heterocycles. The molecule has 0 aromatic heterocycles. The molecule has 0 saturated heterocycles. The third-order valence-corrected chi connectivity index (χ3v) is 2.52. The fourth-order valence-electron chi connectivity index (χ4n) is 0.581. The monoisotopic (exact) mass is 416 g/mol. The second-order valence-corrected chi connectivity index (χ2v) is 4.67. The maximum Gasteiger partial charge on any atom is 0.335 e.